The predicted molar refractivity (Wildman–Crippen MR) is 52.8 cm³/mol. The van der Waals surface area contributed by atoms with E-state index >= 15 is 0 Å². The number of furan rings is 1. The van der Waals surface area contributed by atoms with Crippen molar-refractivity contribution in [3.63, 3.8) is 0 Å². The van der Waals surface area contributed by atoms with Crippen LogP contribution in [0.2, 0.25) is 0 Å². The highest BCUT2D eigenvalue weighted by molar-refractivity contribution is 5.85. The molecule has 0 atom stereocenters. The van der Waals surface area contributed by atoms with Gasteiger partial charge in [-0.15, -0.1) is 0 Å². The molecule has 4 nitrogen and oxygen atoms in total. The molecule has 0 bridgehead atoms. The first-order valence-corrected chi connectivity index (χ1v) is 4.29. The number of rotatable bonds is 2. The summed E-state index contributed by atoms with van der Waals surface area (Å²) in [6, 6.07) is 9.30. The van der Waals surface area contributed by atoms with Gasteiger partial charge in [-0.1, -0.05) is 0 Å². The molecule has 0 amide bonds. The second-order valence-electron chi connectivity index (χ2n) is 3.02. The monoisotopic (exact) mass is 204 g/mol. The number of aromatic carboxylic acids is 1. The second-order valence-corrected chi connectivity index (χ2v) is 3.02. The van der Waals surface area contributed by atoms with Crippen LogP contribution in [-0.4, -0.2) is 16.2 Å². The van der Waals surface area contributed by atoms with Crippen LogP contribution in [0.15, 0.2) is 40.8 Å². The van der Waals surface area contributed by atoms with Crippen LogP contribution in [0.1, 0.15) is 10.6 Å². The average molecular weight is 204 g/mol. The molecule has 1 heterocycles. The molecule has 0 saturated heterocycles. The molecule has 0 aliphatic carbocycles. The molecule has 76 valence electrons. The molecule has 2 rings (SSSR count). The van der Waals surface area contributed by atoms with Crippen molar-refractivity contribution in [2.75, 3.05) is 0 Å². The van der Waals surface area contributed by atoms with Crippen molar-refractivity contribution in [3.8, 4) is 17.1 Å². The third kappa shape index (κ3) is 1.83. The zero-order chi connectivity index (χ0) is 10.8. The van der Waals surface area contributed by atoms with Crippen molar-refractivity contribution in [1.29, 1.82) is 0 Å². The summed E-state index contributed by atoms with van der Waals surface area (Å²) in [6.07, 6.45) is 0. The molecular weight excluding hydrogens is 196 g/mol. The molecule has 0 unspecified atom stereocenters. The second kappa shape index (κ2) is 3.49. The lowest BCUT2D eigenvalue weighted by molar-refractivity contribution is 0.0663. The van der Waals surface area contributed by atoms with Gasteiger partial charge < -0.3 is 14.6 Å². The van der Waals surface area contributed by atoms with Crippen molar-refractivity contribution in [3.05, 3.63) is 42.2 Å². The highest BCUT2D eigenvalue weighted by Crippen LogP contribution is 2.23. The van der Waals surface area contributed by atoms with Gasteiger partial charge in [-0.3, -0.25) is 0 Å². The van der Waals surface area contributed by atoms with E-state index < -0.39 is 5.97 Å². The molecule has 15 heavy (non-hydrogen) atoms. The number of hydrogen-bond donors (Lipinski definition) is 2. The van der Waals surface area contributed by atoms with Gasteiger partial charge in [0, 0.05) is 5.56 Å². The molecule has 0 radical (unpaired) electrons. The SMILES string of the molecule is O=C(O)c1ccc(-c2ccc(O)cc2)o1. The zero-order valence-corrected chi connectivity index (χ0v) is 7.68. The molecular formula is C11H8O4. The molecule has 0 saturated carbocycles. The summed E-state index contributed by atoms with van der Waals surface area (Å²) in [7, 11) is 0. The Kier molecular flexibility index (Phi) is 2.17. The van der Waals surface area contributed by atoms with E-state index in [4.69, 9.17) is 14.6 Å². The van der Waals surface area contributed by atoms with E-state index in [1.165, 1.54) is 18.2 Å². The number of carboxylic acids is 1. The van der Waals surface area contributed by atoms with Gasteiger partial charge in [0.05, 0.1) is 0 Å². The lowest BCUT2D eigenvalue weighted by Gasteiger charge is -1.96. The minimum atomic E-state index is -1.10. The quantitative estimate of drug-likeness (QED) is 0.787. The maximum Gasteiger partial charge on any atom is 0.371 e. The van der Waals surface area contributed by atoms with Crippen LogP contribution in [0, 0.1) is 0 Å². The Labute approximate surface area is 85.4 Å². The maximum absolute atomic E-state index is 10.6. The third-order valence-electron chi connectivity index (χ3n) is 1.97. The Morgan fingerprint density at radius 2 is 1.73 bits per heavy atom. The van der Waals surface area contributed by atoms with Crippen molar-refractivity contribution < 1.29 is 19.4 Å². The fraction of sp³-hybridized carbons (Fsp3) is 0. The van der Waals surface area contributed by atoms with Gasteiger partial charge in [0.1, 0.15) is 11.5 Å². The van der Waals surface area contributed by atoms with Crippen molar-refractivity contribution in [1.82, 2.24) is 0 Å². The first-order chi connectivity index (χ1) is 7.16. The van der Waals surface area contributed by atoms with E-state index in [0.29, 0.717) is 5.76 Å². The van der Waals surface area contributed by atoms with Gasteiger partial charge in [0.25, 0.3) is 0 Å². The fourth-order valence-electron chi connectivity index (χ4n) is 1.23. The molecule has 1 aromatic carbocycles. The molecule has 0 aliphatic rings. The predicted octanol–water partition coefficient (Wildman–Crippen LogP) is 2.35. The number of carboxylic acid groups (broad SMARTS) is 1. The maximum atomic E-state index is 10.6. The largest absolute Gasteiger partial charge is 0.508 e. The lowest BCUT2D eigenvalue weighted by Crippen LogP contribution is -1.91. The molecule has 4 heteroatoms. The standard InChI is InChI=1S/C11H8O4/c12-8-3-1-7(2-4-8)9-5-6-10(15-9)11(13)14/h1-6,12H,(H,13,14). The molecule has 2 N–H and O–H groups in total. The van der Waals surface area contributed by atoms with E-state index in [1.807, 2.05) is 0 Å². The Bertz CT molecular complexity index is 482. The number of aromatic hydroxyl groups is 1. The van der Waals surface area contributed by atoms with E-state index in [2.05, 4.69) is 0 Å². The topological polar surface area (TPSA) is 70.7 Å². The van der Waals surface area contributed by atoms with E-state index in [1.54, 1.807) is 18.2 Å². The number of phenolic OH excluding ortho intramolecular Hbond substituents is 1. The zero-order valence-electron chi connectivity index (χ0n) is 7.68. The Hall–Kier alpha value is -2.23. The summed E-state index contributed by atoms with van der Waals surface area (Å²) in [5, 5.41) is 17.7. The van der Waals surface area contributed by atoms with Gasteiger partial charge in [0.15, 0.2) is 0 Å². The first-order valence-electron chi connectivity index (χ1n) is 4.29. The first kappa shape index (κ1) is 9.33. The number of phenols is 1. The van der Waals surface area contributed by atoms with Crippen LogP contribution < -0.4 is 0 Å². The Balaban J connectivity index is 2.37. The number of benzene rings is 1. The Morgan fingerprint density at radius 3 is 2.27 bits per heavy atom. The smallest absolute Gasteiger partial charge is 0.371 e. The highest BCUT2D eigenvalue weighted by atomic mass is 16.4. The van der Waals surface area contributed by atoms with E-state index in [9.17, 15) is 4.79 Å². The van der Waals surface area contributed by atoms with Gasteiger partial charge in [-0.05, 0) is 36.4 Å². The van der Waals surface area contributed by atoms with E-state index in [-0.39, 0.29) is 11.5 Å². The molecule has 0 spiro atoms. The van der Waals surface area contributed by atoms with Crippen molar-refractivity contribution in [2.24, 2.45) is 0 Å². The van der Waals surface area contributed by atoms with Crippen molar-refractivity contribution >= 4 is 5.97 Å². The van der Waals surface area contributed by atoms with Crippen LogP contribution in [0.25, 0.3) is 11.3 Å². The fourth-order valence-corrected chi connectivity index (χ4v) is 1.23. The summed E-state index contributed by atoms with van der Waals surface area (Å²) < 4.78 is 5.09. The summed E-state index contributed by atoms with van der Waals surface area (Å²) >= 11 is 0. The van der Waals surface area contributed by atoms with Crippen LogP contribution >= 0.6 is 0 Å². The van der Waals surface area contributed by atoms with Gasteiger partial charge in [-0.25, -0.2) is 4.79 Å². The van der Waals surface area contributed by atoms with Crippen LogP contribution in [-0.2, 0) is 0 Å². The summed E-state index contributed by atoms with van der Waals surface area (Å²) in [5.74, 6) is -0.575. The van der Waals surface area contributed by atoms with Gasteiger partial charge in [-0.2, -0.15) is 0 Å². The van der Waals surface area contributed by atoms with Crippen LogP contribution in [0.5, 0.6) is 5.75 Å². The normalized spacial score (nSPS) is 10.1. The Morgan fingerprint density at radius 1 is 1.07 bits per heavy atom. The molecule has 2 aromatic rings. The highest BCUT2D eigenvalue weighted by Gasteiger charge is 2.09. The van der Waals surface area contributed by atoms with Crippen LogP contribution in [0.3, 0.4) is 0 Å². The lowest BCUT2D eigenvalue weighted by atomic mass is 10.2. The molecule has 0 aliphatic heterocycles. The summed E-state index contributed by atoms with van der Waals surface area (Å²) in [5.41, 5.74) is 0.723. The van der Waals surface area contributed by atoms with Crippen LogP contribution in [0.4, 0.5) is 0 Å². The number of hydrogen-bond acceptors (Lipinski definition) is 3. The molecule has 0 fully saturated rings. The minimum absolute atomic E-state index is 0.0990. The van der Waals surface area contributed by atoms with Gasteiger partial charge >= 0.3 is 5.97 Å². The summed E-state index contributed by atoms with van der Waals surface area (Å²) in [6.45, 7) is 0. The minimum Gasteiger partial charge on any atom is -0.508 e. The third-order valence-corrected chi connectivity index (χ3v) is 1.97. The summed E-state index contributed by atoms with van der Waals surface area (Å²) in [4.78, 5) is 10.6. The molecule has 1 aromatic heterocycles. The van der Waals surface area contributed by atoms with Gasteiger partial charge in [0.2, 0.25) is 5.76 Å². The average Bonchev–Trinajstić information content (AvgIpc) is 2.68. The van der Waals surface area contributed by atoms with E-state index in [0.717, 1.165) is 5.56 Å². The van der Waals surface area contributed by atoms with Crippen molar-refractivity contribution in [2.45, 2.75) is 0 Å². The number of carbonyl (C=O) groups is 1.